The number of nitrogens with zero attached hydrogens (tertiary/aromatic N) is 4. The third kappa shape index (κ3) is 4.56. The number of methoxy groups -OCH3 is 1. The van der Waals surface area contributed by atoms with Crippen LogP contribution in [0.15, 0.2) is 41.1 Å². The summed E-state index contributed by atoms with van der Waals surface area (Å²) >= 11 is 3.42. The Kier molecular flexibility index (Phi) is 6.48. The van der Waals surface area contributed by atoms with Crippen molar-refractivity contribution in [1.82, 2.24) is 19.7 Å². The van der Waals surface area contributed by atoms with E-state index in [9.17, 15) is 8.78 Å². The molecule has 0 saturated carbocycles. The van der Waals surface area contributed by atoms with E-state index in [1.165, 1.54) is 7.11 Å². The van der Waals surface area contributed by atoms with Crippen LogP contribution in [0.1, 0.15) is 48.4 Å². The van der Waals surface area contributed by atoms with Crippen molar-refractivity contribution >= 4 is 26.8 Å². The number of aromatic nitrogens is 3. The lowest BCUT2D eigenvalue weighted by Crippen LogP contribution is -2.45. The van der Waals surface area contributed by atoms with E-state index in [0.29, 0.717) is 13.0 Å². The highest BCUT2D eigenvalue weighted by molar-refractivity contribution is 9.10. The summed E-state index contributed by atoms with van der Waals surface area (Å²) in [7, 11) is 1.30. The number of benzene rings is 1. The fourth-order valence-corrected chi connectivity index (χ4v) is 5.31. The van der Waals surface area contributed by atoms with Gasteiger partial charge in [-0.2, -0.15) is 5.10 Å². The van der Waals surface area contributed by atoms with Crippen LogP contribution in [0.5, 0.6) is 0 Å². The third-order valence-corrected chi connectivity index (χ3v) is 6.95. The Morgan fingerprint density at radius 3 is 2.82 bits per heavy atom. The van der Waals surface area contributed by atoms with Crippen molar-refractivity contribution in [1.29, 1.82) is 0 Å². The van der Waals surface area contributed by atoms with E-state index in [4.69, 9.17) is 9.47 Å². The van der Waals surface area contributed by atoms with Gasteiger partial charge in [-0.1, -0.05) is 6.07 Å². The van der Waals surface area contributed by atoms with Crippen LogP contribution in [0.25, 0.3) is 10.9 Å². The van der Waals surface area contributed by atoms with Crippen LogP contribution in [0.4, 0.5) is 8.78 Å². The zero-order valence-electron chi connectivity index (χ0n) is 18.5. The lowest BCUT2D eigenvalue weighted by Gasteiger charge is -2.39. The van der Waals surface area contributed by atoms with Gasteiger partial charge in [0.05, 0.1) is 30.0 Å². The highest BCUT2D eigenvalue weighted by Gasteiger charge is 2.39. The first kappa shape index (κ1) is 22.8. The van der Waals surface area contributed by atoms with Crippen molar-refractivity contribution in [2.24, 2.45) is 0 Å². The molecular weight excluding hydrogens is 494 g/mol. The highest BCUT2D eigenvalue weighted by atomic mass is 79.9. The monoisotopic (exact) mass is 520 g/mol. The van der Waals surface area contributed by atoms with Gasteiger partial charge in [0.25, 0.3) is 5.92 Å². The molecule has 2 unspecified atom stereocenters. The second-order valence-electron chi connectivity index (χ2n) is 8.79. The van der Waals surface area contributed by atoms with Gasteiger partial charge in [-0.05, 0) is 70.9 Å². The summed E-state index contributed by atoms with van der Waals surface area (Å²) in [6.07, 6.45) is 7.38. The zero-order chi connectivity index (χ0) is 23.0. The van der Waals surface area contributed by atoms with Crippen molar-refractivity contribution in [3.8, 4) is 0 Å². The summed E-state index contributed by atoms with van der Waals surface area (Å²) in [5.41, 5.74) is 3.92. The molecule has 0 N–H and O–H groups in total. The summed E-state index contributed by atoms with van der Waals surface area (Å²) in [5.74, 6) is -2.95. The summed E-state index contributed by atoms with van der Waals surface area (Å²) in [6, 6.07) is 7.52. The molecule has 3 aromatic rings. The standard InChI is InChI=1S/C24H27BrF2N4O2/c1-32-15-24(26,27)14-30-10-9-17-18(23(30)20-7-5-16(25)12-28-20)6-8-21-19(17)13-29-31(21)22-4-2-3-11-33-22/h5-8,12-13,22-23H,2-4,9-11,14-15H2,1H3. The van der Waals surface area contributed by atoms with E-state index < -0.39 is 19.1 Å². The van der Waals surface area contributed by atoms with Crippen molar-refractivity contribution in [2.75, 3.05) is 33.4 Å². The lowest BCUT2D eigenvalue weighted by atomic mass is 9.88. The van der Waals surface area contributed by atoms with Gasteiger partial charge in [-0.25, -0.2) is 13.5 Å². The van der Waals surface area contributed by atoms with E-state index in [1.54, 1.807) is 6.20 Å². The van der Waals surface area contributed by atoms with Crippen molar-refractivity contribution in [2.45, 2.75) is 43.9 Å². The van der Waals surface area contributed by atoms with Gasteiger partial charge in [0.15, 0.2) is 6.23 Å². The smallest absolute Gasteiger partial charge is 0.283 e. The van der Waals surface area contributed by atoms with Gasteiger partial charge in [-0.3, -0.25) is 9.88 Å². The van der Waals surface area contributed by atoms with Crippen LogP contribution in [0, 0.1) is 0 Å². The van der Waals surface area contributed by atoms with E-state index in [0.717, 1.165) is 58.1 Å². The van der Waals surface area contributed by atoms with Crippen LogP contribution in [0.3, 0.4) is 0 Å². The minimum Gasteiger partial charge on any atom is -0.378 e. The molecule has 9 heteroatoms. The number of rotatable bonds is 6. The Balaban J connectivity index is 1.56. The molecule has 5 rings (SSSR count). The number of pyridine rings is 1. The molecule has 0 radical (unpaired) electrons. The van der Waals surface area contributed by atoms with Crippen LogP contribution in [-0.2, 0) is 15.9 Å². The van der Waals surface area contributed by atoms with Gasteiger partial charge in [0.1, 0.15) is 6.61 Å². The molecule has 0 spiro atoms. The number of alkyl halides is 2. The van der Waals surface area contributed by atoms with Crippen molar-refractivity contribution < 1.29 is 18.3 Å². The zero-order valence-corrected chi connectivity index (χ0v) is 20.1. The Hall–Kier alpha value is -1.94. The fourth-order valence-electron chi connectivity index (χ4n) is 5.08. The molecule has 0 amide bonds. The van der Waals surface area contributed by atoms with Crippen LogP contribution in [0.2, 0.25) is 0 Å². The SMILES string of the molecule is COCC(F)(F)CN1CCc2c(ccc3c2cnn3C2CCCCO2)C1c1ccc(Br)cn1. The largest absolute Gasteiger partial charge is 0.378 e. The van der Waals surface area contributed by atoms with Gasteiger partial charge in [0.2, 0.25) is 0 Å². The van der Waals surface area contributed by atoms with Crippen LogP contribution >= 0.6 is 15.9 Å². The molecule has 2 aliphatic heterocycles. The van der Waals surface area contributed by atoms with Gasteiger partial charge in [-0.15, -0.1) is 0 Å². The van der Waals surface area contributed by atoms with E-state index >= 15 is 0 Å². The van der Waals surface area contributed by atoms with Crippen LogP contribution < -0.4 is 0 Å². The van der Waals surface area contributed by atoms with Crippen molar-refractivity contribution in [3.05, 3.63) is 58.0 Å². The number of hydrogen-bond acceptors (Lipinski definition) is 5. The Morgan fingerprint density at radius 2 is 2.09 bits per heavy atom. The maximum atomic E-state index is 14.6. The third-order valence-electron chi connectivity index (χ3n) is 6.49. The van der Waals surface area contributed by atoms with Crippen molar-refractivity contribution in [3.63, 3.8) is 0 Å². The fraction of sp³-hybridized carbons (Fsp3) is 0.500. The molecule has 33 heavy (non-hydrogen) atoms. The topological polar surface area (TPSA) is 52.4 Å². The predicted octanol–water partition coefficient (Wildman–Crippen LogP) is 5.12. The average molecular weight is 521 g/mol. The summed E-state index contributed by atoms with van der Waals surface area (Å²) in [4.78, 5) is 6.40. The second-order valence-corrected chi connectivity index (χ2v) is 9.71. The molecule has 6 nitrogen and oxygen atoms in total. The number of halogens is 3. The molecular formula is C24H27BrF2N4O2. The number of hydrogen-bond donors (Lipinski definition) is 0. The second kappa shape index (κ2) is 9.37. The van der Waals surface area contributed by atoms with Crippen LogP contribution in [-0.4, -0.2) is 59.0 Å². The first-order valence-electron chi connectivity index (χ1n) is 11.3. The predicted molar refractivity (Wildman–Crippen MR) is 124 cm³/mol. The Morgan fingerprint density at radius 1 is 1.21 bits per heavy atom. The molecule has 1 aromatic carbocycles. The first-order valence-corrected chi connectivity index (χ1v) is 12.1. The summed E-state index contributed by atoms with van der Waals surface area (Å²) < 4.78 is 42.7. The highest BCUT2D eigenvalue weighted by Crippen LogP contribution is 2.40. The minimum atomic E-state index is -2.95. The molecule has 4 heterocycles. The van der Waals surface area contributed by atoms with Gasteiger partial charge >= 0.3 is 0 Å². The molecule has 0 bridgehead atoms. The summed E-state index contributed by atoms with van der Waals surface area (Å²) in [5, 5.41) is 5.72. The quantitative estimate of drug-likeness (QED) is 0.451. The minimum absolute atomic E-state index is 0.0499. The van der Waals surface area contributed by atoms with Gasteiger partial charge < -0.3 is 9.47 Å². The molecule has 2 aliphatic rings. The molecule has 2 atom stereocenters. The van der Waals surface area contributed by atoms with E-state index in [-0.39, 0.29) is 12.3 Å². The maximum absolute atomic E-state index is 14.6. The normalized spacial score (nSPS) is 21.9. The molecule has 176 valence electrons. The first-order chi connectivity index (χ1) is 16.0. The molecule has 0 aliphatic carbocycles. The van der Waals surface area contributed by atoms with E-state index in [2.05, 4.69) is 26.0 Å². The average Bonchev–Trinajstić information content (AvgIpc) is 3.24. The van der Waals surface area contributed by atoms with Gasteiger partial charge in [0, 0.05) is 36.3 Å². The Labute approximate surface area is 200 Å². The molecule has 1 fully saturated rings. The molecule has 1 saturated heterocycles. The summed E-state index contributed by atoms with van der Waals surface area (Å²) in [6.45, 7) is 0.248. The van der Waals surface area contributed by atoms with E-state index in [1.807, 2.05) is 40.0 Å². The number of ether oxygens (including phenoxy) is 2. The number of fused-ring (bicyclic) bond motifs is 3. The molecule has 2 aromatic heterocycles. The Bertz CT molecular complexity index is 1120. The lowest BCUT2D eigenvalue weighted by molar-refractivity contribution is -0.0895. The maximum Gasteiger partial charge on any atom is 0.283 e.